The highest BCUT2D eigenvalue weighted by Gasteiger charge is 2.13. The summed E-state index contributed by atoms with van der Waals surface area (Å²) in [6, 6.07) is 0.274. The van der Waals surface area contributed by atoms with Crippen molar-refractivity contribution >= 4 is 11.6 Å². The number of hydrogen-bond acceptors (Lipinski definition) is 3. The summed E-state index contributed by atoms with van der Waals surface area (Å²) in [5, 5.41) is 11.0. The molecule has 2 heterocycles. The van der Waals surface area contributed by atoms with Crippen molar-refractivity contribution in [2.75, 3.05) is 5.32 Å². The first kappa shape index (κ1) is 12.3. The quantitative estimate of drug-likeness (QED) is 0.898. The predicted molar refractivity (Wildman–Crippen MR) is 68.5 cm³/mol. The van der Waals surface area contributed by atoms with Crippen molar-refractivity contribution in [3.8, 4) is 0 Å². The average Bonchev–Trinajstić information content (AvgIpc) is 2.88. The average molecular weight is 247 g/mol. The van der Waals surface area contributed by atoms with Crippen molar-refractivity contribution < 1.29 is 4.79 Å². The molecule has 0 fully saturated rings. The number of carbonyl (C=O) groups is 1. The summed E-state index contributed by atoms with van der Waals surface area (Å²) in [5.74, 6) is -0.163. The fourth-order valence-electron chi connectivity index (χ4n) is 1.61. The molecule has 0 aliphatic heterocycles. The molecule has 0 aliphatic carbocycles. The van der Waals surface area contributed by atoms with Crippen LogP contribution in [0.4, 0.5) is 5.69 Å². The van der Waals surface area contributed by atoms with E-state index in [1.807, 2.05) is 34.0 Å². The van der Waals surface area contributed by atoms with Gasteiger partial charge in [-0.25, -0.2) is 0 Å². The van der Waals surface area contributed by atoms with Gasteiger partial charge in [-0.3, -0.25) is 14.2 Å². The minimum absolute atomic E-state index is 0.163. The number of nitrogens with one attached hydrogen (secondary N) is 1. The molecule has 2 rings (SSSR count). The lowest BCUT2D eigenvalue weighted by atomic mass is 10.2. The summed E-state index contributed by atoms with van der Waals surface area (Å²) in [6.45, 7) is 5.92. The maximum Gasteiger partial charge on any atom is 0.259 e. The Morgan fingerprint density at radius 2 is 2.06 bits per heavy atom. The van der Waals surface area contributed by atoms with Crippen LogP contribution in [-0.2, 0) is 7.05 Å². The Bertz CT molecular complexity index is 567. The van der Waals surface area contributed by atoms with Crippen LogP contribution in [0.15, 0.2) is 18.6 Å². The van der Waals surface area contributed by atoms with E-state index in [2.05, 4.69) is 15.5 Å². The molecule has 0 radical (unpaired) electrons. The Labute approximate surface area is 106 Å². The van der Waals surface area contributed by atoms with Crippen molar-refractivity contribution in [3.05, 3.63) is 29.8 Å². The number of amides is 1. The topological polar surface area (TPSA) is 64.7 Å². The van der Waals surface area contributed by atoms with E-state index >= 15 is 0 Å². The van der Waals surface area contributed by atoms with Gasteiger partial charge in [0.15, 0.2) is 0 Å². The molecule has 0 saturated carbocycles. The summed E-state index contributed by atoms with van der Waals surface area (Å²) in [4.78, 5) is 12.0. The maximum absolute atomic E-state index is 12.0. The molecule has 0 unspecified atom stereocenters. The zero-order chi connectivity index (χ0) is 13.3. The number of rotatable bonds is 3. The Morgan fingerprint density at radius 3 is 2.56 bits per heavy atom. The van der Waals surface area contributed by atoms with Gasteiger partial charge in [0.1, 0.15) is 0 Å². The van der Waals surface area contributed by atoms with Crippen molar-refractivity contribution in [2.45, 2.75) is 26.8 Å². The molecule has 2 aromatic heterocycles. The fraction of sp³-hybridized carbons (Fsp3) is 0.417. The SMILES string of the molecule is Cc1c(C(=O)Nc2cnn(C(C)C)c2)cnn1C. The highest BCUT2D eigenvalue weighted by atomic mass is 16.1. The number of carbonyl (C=O) groups excluding carboxylic acids is 1. The molecule has 0 aliphatic rings. The first-order valence-electron chi connectivity index (χ1n) is 5.83. The zero-order valence-electron chi connectivity index (χ0n) is 11.0. The molecule has 0 bridgehead atoms. The van der Waals surface area contributed by atoms with Gasteiger partial charge in [-0.2, -0.15) is 10.2 Å². The van der Waals surface area contributed by atoms with Crippen LogP contribution in [0.2, 0.25) is 0 Å². The van der Waals surface area contributed by atoms with Crippen molar-refractivity contribution in [3.63, 3.8) is 0 Å². The number of aryl methyl sites for hydroxylation is 1. The number of aromatic nitrogens is 4. The minimum Gasteiger partial charge on any atom is -0.319 e. The van der Waals surface area contributed by atoms with Crippen molar-refractivity contribution in [2.24, 2.45) is 7.05 Å². The molecule has 0 atom stereocenters. The second-order valence-corrected chi connectivity index (χ2v) is 4.52. The molecule has 6 nitrogen and oxygen atoms in total. The first-order valence-corrected chi connectivity index (χ1v) is 5.83. The first-order chi connectivity index (χ1) is 8.49. The maximum atomic E-state index is 12.0. The van der Waals surface area contributed by atoms with E-state index in [4.69, 9.17) is 0 Å². The molecule has 2 aromatic rings. The van der Waals surface area contributed by atoms with E-state index in [0.29, 0.717) is 11.3 Å². The smallest absolute Gasteiger partial charge is 0.259 e. The Morgan fingerprint density at radius 1 is 1.33 bits per heavy atom. The molecular weight excluding hydrogens is 230 g/mol. The Hall–Kier alpha value is -2.11. The lowest BCUT2D eigenvalue weighted by Crippen LogP contribution is -2.12. The second kappa shape index (κ2) is 4.64. The Balaban J connectivity index is 2.14. The van der Waals surface area contributed by atoms with E-state index in [9.17, 15) is 4.79 Å². The molecular formula is C12H17N5O. The third-order valence-electron chi connectivity index (χ3n) is 2.87. The summed E-state index contributed by atoms with van der Waals surface area (Å²) in [6.07, 6.45) is 5.02. The molecule has 6 heteroatoms. The highest BCUT2D eigenvalue weighted by molar-refractivity contribution is 6.04. The van der Waals surface area contributed by atoms with Crippen LogP contribution >= 0.6 is 0 Å². The van der Waals surface area contributed by atoms with E-state index in [1.54, 1.807) is 21.8 Å². The third-order valence-corrected chi connectivity index (χ3v) is 2.87. The van der Waals surface area contributed by atoms with Crippen molar-refractivity contribution in [1.29, 1.82) is 0 Å². The van der Waals surface area contributed by atoms with Crippen LogP contribution in [0, 0.1) is 6.92 Å². The van der Waals surface area contributed by atoms with Crippen LogP contribution in [0.25, 0.3) is 0 Å². The molecule has 0 spiro atoms. The summed E-state index contributed by atoms with van der Waals surface area (Å²) >= 11 is 0. The normalized spacial score (nSPS) is 10.9. The standard InChI is InChI=1S/C12H17N5O/c1-8(2)17-7-10(5-14-17)15-12(18)11-6-13-16(4)9(11)3/h5-8H,1-4H3,(H,15,18). The number of hydrogen-bond donors (Lipinski definition) is 1. The van der Waals surface area contributed by atoms with Crippen LogP contribution in [0.1, 0.15) is 35.9 Å². The summed E-state index contributed by atoms with van der Waals surface area (Å²) in [7, 11) is 1.81. The predicted octanol–water partition coefficient (Wildman–Crippen LogP) is 1.76. The van der Waals surface area contributed by atoms with Gasteiger partial charge >= 0.3 is 0 Å². The summed E-state index contributed by atoms with van der Waals surface area (Å²) in [5.41, 5.74) is 2.11. The lowest BCUT2D eigenvalue weighted by Gasteiger charge is -2.04. The van der Waals surface area contributed by atoms with Gasteiger partial charge in [0.2, 0.25) is 0 Å². The molecule has 0 saturated heterocycles. The molecule has 0 aromatic carbocycles. The number of anilines is 1. The fourth-order valence-corrected chi connectivity index (χ4v) is 1.61. The molecule has 96 valence electrons. The van der Waals surface area contributed by atoms with Gasteiger partial charge in [0.25, 0.3) is 5.91 Å². The minimum atomic E-state index is -0.163. The van der Waals surface area contributed by atoms with Crippen LogP contribution in [0.5, 0.6) is 0 Å². The second-order valence-electron chi connectivity index (χ2n) is 4.52. The molecule has 1 N–H and O–H groups in total. The lowest BCUT2D eigenvalue weighted by molar-refractivity contribution is 0.102. The van der Waals surface area contributed by atoms with E-state index in [0.717, 1.165) is 5.69 Å². The monoisotopic (exact) mass is 247 g/mol. The summed E-state index contributed by atoms with van der Waals surface area (Å²) < 4.78 is 3.47. The van der Waals surface area contributed by atoms with Crippen LogP contribution in [-0.4, -0.2) is 25.5 Å². The molecule has 1 amide bonds. The van der Waals surface area contributed by atoms with Gasteiger partial charge < -0.3 is 5.32 Å². The van der Waals surface area contributed by atoms with Gasteiger partial charge in [0.05, 0.1) is 23.6 Å². The van der Waals surface area contributed by atoms with Gasteiger partial charge in [-0.15, -0.1) is 0 Å². The number of nitrogens with zero attached hydrogens (tertiary/aromatic N) is 4. The highest BCUT2D eigenvalue weighted by Crippen LogP contribution is 2.13. The third kappa shape index (κ3) is 2.27. The zero-order valence-corrected chi connectivity index (χ0v) is 11.0. The van der Waals surface area contributed by atoms with Gasteiger partial charge in [-0.1, -0.05) is 0 Å². The Kier molecular flexibility index (Phi) is 3.18. The van der Waals surface area contributed by atoms with E-state index < -0.39 is 0 Å². The van der Waals surface area contributed by atoms with Crippen molar-refractivity contribution in [1.82, 2.24) is 19.6 Å². The molecule has 18 heavy (non-hydrogen) atoms. The van der Waals surface area contributed by atoms with Crippen LogP contribution in [0.3, 0.4) is 0 Å². The largest absolute Gasteiger partial charge is 0.319 e. The van der Waals surface area contributed by atoms with Gasteiger partial charge in [0, 0.05) is 25.0 Å². The van der Waals surface area contributed by atoms with Gasteiger partial charge in [-0.05, 0) is 20.8 Å². The van der Waals surface area contributed by atoms with Crippen LogP contribution < -0.4 is 5.32 Å². The van der Waals surface area contributed by atoms with E-state index in [-0.39, 0.29) is 11.9 Å². The van der Waals surface area contributed by atoms with E-state index in [1.165, 1.54) is 0 Å².